The van der Waals surface area contributed by atoms with Crippen LogP contribution in [0.15, 0.2) is 152 Å². The number of benzene rings is 8. The molecule has 0 radical (unpaired) electrons. The van der Waals surface area contributed by atoms with Crippen molar-refractivity contribution in [1.29, 1.82) is 0 Å². The number of methoxy groups -OCH3 is 1. The van der Waals surface area contributed by atoms with E-state index >= 15 is 0 Å². The Morgan fingerprint density at radius 2 is 1.17 bits per heavy atom. The first-order valence-electron chi connectivity index (χ1n) is 20.2. The minimum Gasteiger partial charge on any atom is -0.497 e. The minimum atomic E-state index is -0.795. The molecule has 1 unspecified atom stereocenters. The van der Waals surface area contributed by atoms with Crippen LogP contribution in [0.1, 0.15) is 54.4 Å². The lowest BCUT2D eigenvalue weighted by molar-refractivity contribution is -0.141. The number of aryl methyl sites for hydroxylation is 2. The predicted molar refractivity (Wildman–Crippen MR) is 237 cm³/mol. The first-order chi connectivity index (χ1) is 28.8. The van der Waals surface area contributed by atoms with E-state index in [0.717, 1.165) is 47.6 Å². The van der Waals surface area contributed by atoms with Crippen LogP contribution in [0.4, 0.5) is 21.9 Å². The van der Waals surface area contributed by atoms with Crippen LogP contribution in [-0.2, 0) is 20.7 Å². The molecule has 0 spiro atoms. The monoisotopic (exact) mass is 781 g/mol. The van der Waals surface area contributed by atoms with Crippen molar-refractivity contribution < 1.29 is 28.5 Å². The molecule has 0 saturated heterocycles. The van der Waals surface area contributed by atoms with Crippen molar-refractivity contribution >= 4 is 61.5 Å². The molecule has 0 bridgehead atoms. The summed E-state index contributed by atoms with van der Waals surface area (Å²) in [4.78, 5) is 25.6. The van der Waals surface area contributed by atoms with Crippen molar-refractivity contribution in [3.8, 4) is 11.5 Å². The zero-order chi connectivity index (χ0) is 40.7. The summed E-state index contributed by atoms with van der Waals surface area (Å²) < 4.78 is 20.9. The minimum absolute atomic E-state index is 0.0960. The molecule has 8 aromatic rings. The Hall–Kier alpha value is -6.86. The molecule has 7 nitrogen and oxygen atoms in total. The van der Waals surface area contributed by atoms with E-state index in [4.69, 9.17) is 18.9 Å². The molecule has 296 valence electrons. The van der Waals surface area contributed by atoms with E-state index in [9.17, 15) is 9.59 Å². The van der Waals surface area contributed by atoms with Gasteiger partial charge in [-0.3, -0.25) is 4.79 Å². The summed E-state index contributed by atoms with van der Waals surface area (Å²) in [6, 6.07) is 53.7. The van der Waals surface area contributed by atoms with Crippen LogP contribution in [0.2, 0.25) is 0 Å². The van der Waals surface area contributed by atoms with Crippen LogP contribution in [-0.4, -0.2) is 32.4 Å². The van der Waals surface area contributed by atoms with Gasteiger partial charge in [-0.25, -0.2) is 4.79 Å². The SMILES string of the molecule is COc1ccc(C(CCCc2ccc(N(c3ccc(C)cc3)c3ccc4ccc5cccc6ccc3c4c56)cc2)c2ccc(OC(=O)OCCCOC(C)=O)cc2)cc1. The lowest BCUT2D eigenvalue weighted by atomic mass is 9.86. The van der Waals surface area contributed by atoms with Crippen LogP contribution in [0.5, 0.6) is 11.5 Å². The Morgan fingerprint density at radius 3 is 1.81 bits per heavy atom. The predicted octanol–water partition coefficient (Wildman–Crippen LogP) is 13.0. The van der Waals surface area contributed by atoms with Gasteiger partial charge in [-0.15, -0.1) is 0 Å². The van der Waals surface area contributed by atoms with Crippen molar-refractivity contribution in [3.63, 3.8) is 0 Å². The van der Waals surface area contributed by atoms with E-state index in [1.807, 2.05) is 24.3 Å². The van der Waals surface area contributed by atoms with E-state index in [-0.39, 0.29) is 25.1 Å². The highest BCUT2D eigenvalue weighted by Crippen LogP contribution is 2.44. The van der Waals surface area contributed by atoms with Gasteiger partial charge in [0.15, 0.2) is 0 Å². The zero-order valence-electron chi connectivity index (χ0n) is 33.7. The van der Waals surface area contributed by atoms with Gasteiger partial charge in [0.1, 0.15) is 11.5 Å². The molecule has 0 aliphatic heterocycles. The van der Waals surface area contributed by atoms with Gasteiger partial charge >= 0.3 is 12.1 Å². The Morgan fingerprint density at radius 1 is 0.593 bits per heavy atom. The van der Waals surface area contributed by atoms with Crippen LogP contribution >= 0.6 is 0 Å². The number of carbonyl (C=O) groups is 2. The molecule has 0 amide bonds. The summed E-state index contributed by atoms with van der Waals surface area (Å²) in [5, 5.41) is 7.60. The number of hydrogen-bond acceptors (Lipinski definition) is 7. The second-order valence-corrected chi connectivity index (χ2v) is 15.0. The van der Waals surface area contributed by atoms with Gasteiger partial charge in [-0.1, -0.05) is 103 Å². The molecular weight excluding hydrogens is 735 g/mol. The van der Waals surface area contributed by atoms with Gasteiger partial charge in [0.25, 0.3) is 0 Å². The Balaban J connectivity index is 1.000. The van der Waals surface area contributed by atoms with Crippen molar-refractivity contribution in [3.05, 3.63) is 174 Å². The van der Waals surface area contributed by atoms with E-state index < -0.39 is 6.16 Å². The van der Waals surface area contributed by atoms with Gasteiger partial charge in [0.2, 0.25) is 0 Å². The molecule has 0 heterocycles. The molecule has 8 rings (SSSR count). The molecule has 1 atom stereocenters. The van der Waals surface area contributed by atoms with Crippen LogP contribution in [0.3, 0.4) is 0 Å². The average Bonchev–Trinajstić information content (AvgIpc) is 3.26. The maximum atomic E-state index is 12.3. The van der Waals surface area contributed by atoms with Crippen LogP contribution in [0.25, 0.3) is 32.3 Å². The molecule has 0 aliphatic rings. The summed E-state index contributed by atoms with van der Waals surface area (Å²) in [6.45, 7) is 3.75. The smallest absolute Gasteiger partial charge is 0.497 e. The lowest BCUT2D eigenvalue weighted by Crippen LogP contribution is -2.13. The number of ether oxygens (including phenoxy) is 4. The van der Waals surface area contributed by atoms with Crippen molar-refractivity contribution in [2.24, 2.45) is 0 Å². The number of rotatable bonds is 15. The summed E-state index contributed by atoms with van der Waals surface area (Å²) in [7, 11) is 1.67. The molecule has 59 heavy (non-hydrogen) atoms. The fourth-order valence-electron chi connectivity index (χ4n) is 8.04. The normalized spacial score (nSPS) is 11.8. The highest BCUT2D eigenvalue weighted by molar-refractivity contribution is 6.25. The topological polar surface area (TPSA) is 74.3 Å². The molecule has 8 aromatic carbocycles. The number of carbonyl (C=O) groups excluding carboxylic acids is 2. The Labute approximate surface area is 345 Å². The standard InChI is InChI=1S/C52H47NO6/c1-35-11-23-43(24-12-35)53(49-32-22-42-16-15-40-8-5-9-41-21-31-48(49)51(42)50(40)41)44-25-13-37(14-26-44)7-4-10-47(38-17-27-45(56-3)28-18-38)39-19-29-46(30-20-39)59-52(55)58-34-6-33-57-36(2)54/h5,8-9,11-32,47H,4,6-7,10,33-34H2,1-3H3. The number of esters is 1. The fourth-order valence-corrected chi connectivity index (χ4v) is 8.04. The highest BCUT2D eigenvalue weighted by Gasteiger charge is 2.19. The summed E-state index contributed by atoms with van der Waals surface area (Å²) in [5.41, 5.74) is 8.18. The molecule has 0 aliphatic carbocycles. The van der Waals surface area contributed by atoms with E-state index in [1.54, 1.807) is 19.2 Å². The van der Waals surface area contributed by atoms with Gasteiger partial charge in [0, 0.05) is 36.0 Å². The van der Waals surface area contributed by atoms with E-state index in [0.29, 0.717) is 12.2 Å². The third kappa shape index (κ3) is 8.85. The number of nitrogens with zero attached hydrogens (tertiary/aromatic N) is 1. The molecule has 0 fully saturated rings. The third-order valence-corrected chi connectivity index (χ3v) is 11.0. The molecule has 0 aromatic heterocycles. The second kappa shape index (κ2) is 17.7. The Kier molecular flexibility index (Phi) is 11.7. The zero-order valence-corrected chi connectivity index (χ0v) is 33.7. The molecule has 7 heteroatoms. The molecular formula is C52H47NO6. The lowest BCUT2D eigenvalue weighted by Gasteiger charge is -2.28. The second-order valence-electron chi connectivity index (χ2n) is 15.0. The fraction of sp³-hybridized carbons (Fsp3) is 0.192. The summed E-state index contributed by atoms with van der Waals surface area (Å²) in [6.07, 6.45) is 2.40. The Bertz CT molecular complexity index is 2660. The van der Waals surface area contributed by atoms with Gasteiger partial charge < -0.3 is 23.8 Å². The number of anilines is 3. The third-order valence-electron chi connectivity index (χ3n) is 11.0. The van der Waals surface area contributed by atoms with Crippen molar-refractivity contribution in [1.82, 2.24) is 0 Å². The summed E-state index contributed by atoms with van der Waals surface area (Å²) in [5.74, 6) is 0.959. The molecule has 0 saturated carbocycles. The van der Waals surface area contributed by atoms with Gasteiger partial charge in [-0.05, 0) is 124 Å². The maximum Gasteiger partial charge on any atom is 0.513 e. The quantitative estimate of drug-likeness (QED) is 0.0444. The first-order valence-corrected chi connectivity index (χ1v) is 20.2. The largest absolute Gasteiger partial charge is 0.513 e. The van der Waals surface area contributed by atoms with E-state index in [2.05, 4.69) is 127 Å². The van der Waals surface area contributed by atoms with Crippen molar-refractivity contribution in [2.45, 2.75) is 45.4 Å². The first kappa shape index (κ1) is 39.0. The van der Waals surface area contributed by atoms with Crippen LogP contribution in [0, 0.1) is 6.92 Å². The van der Waals surface area contributed by atoms with E-state index in [1.165, 1.54) is 55.9 Å². The van der Waals surface area contributed by atoms with Gasteiger partial charge in [-0.2, -0.15) is 0 Å². The van der Waals surface area contributed by atoms with Crippen molar-refractivity contribution in [2.75, 3.05) is 25.2 Å². The summed E-state index contributed by atoms with van der Waals surface area (Å²) >= 11 is 0. The maximum absolute atomic E-state index is 12.3. The van der Waals surface area contributed by atoms with Gasteiger partial charge in [0.05, 0.1) is 26.0 Å². The highest BCUT2D eigenvalue weighted by atomic mass is 16.7. The number of hydrogen-bond donors (Lipinski definition) is 0. The molecule has 0 N–H and O–H groups in total. The average molecular weight is 782 g/mol. The van der Waals surface area contributed by atoms with Crippen LogP contribution < -0.4 is 14.4 Å².